The van der Waals surface area contributed by atoms with Gasteiger partial charge < -0.3 is 10.1 Å². The lowest BCUT2D eigenvalue weighted by atomic mass is 10.1. The van der Waals surface area contributed by atoms with E-state index in [9.17, 15) is 4.79 Å². The molecule has 1 rings (SSSR count). The lowest BCUT2D eigenvalue weighted by molar-refractivity contribution is -0.144. The van der Waals surface area contributed by atoms with Crippen LogP contribution in [0.2, 0.25) is 0 Å². The third-order valence-corrected chi connectivity index (χ3v) is 3.08. The third-order valence-electron chi connectivity index (χ3n) is 3.08. The molecule has 1 unspecified atom stereocenters. The van der Waals surface area contributed by atoms with Gasteiger partial charge in [-0.15, -0.1) is 0 Å². The molecule has 0 spiro atoms. The summed E-state index contributed by atoms with van der Waals surface area (Å²) in [5, 5.41) is 3.37. The maximum absolute atomic E-state index is 11.7. The van der Waals surface area contributed by atoms with Gasteiger partial charge in [0.2, 0.25) is 0 Å². The zero-order valence-corrected chi connectivity index (χ0v) is 12.0. The maximum atomic E-state index is 11.7. The van der Waals surface area contributed by atoms with Crippen molar-refractivity contribution >= 4 is 5.97 Å². The lowest BCUT2D eigenvalue weighted by Crippen LogP contribution is -2.34. The van der Waals surface area contributed by atoms with Crippen LogP contribution < -0.4 is 5.32 Å². The van der Waals surface area contributed by atoms with E-state index < -0.39 is 0 Å². The normalized spacial score (nSPS) is 12.1. The predicted octanol–water partition coefficient (Wildman–Crippen LogP) is 2.94. The molecule has 0 saturated heterocycles. The minimum absolute atomic E-state index is 0.111. The number of rotatable bonds is 9. The first-order valence-electron chi connectivity index (χ1n) is 7.19. The molecule has 0 aliphatic carbocycles. The Bertz CT molecular complexity index is 351. The first-order chi connectivity index (χ1) is 9.26. The molecule has 0 fully saturated rings. The highest BCUT2D eigenvalue weighted by molar-refractivity contribution is 5.69. The van der Waals surface area contributed by atoms with E-state index in [1.54, 1.807) is 0 Å². The van der Waals surface area contributed by atoms with Gasteiger partial charge in [-0.2, -0.15) is 0 Å². The van der Waals surface area contributed by atoms with Gasteiger partial charge in [-0.3, -0.25) is 4.79 Å². The Balaban J connectivity index is 2.20. The van der Waals surface area contributed by atoms with Crippen LogP contribution in [0, 0.1) is 0 Å². The molecule has 0 radical (unpaired) electrons. The maximum Gasteiger partial charge on any atom is 0.306 e. The van der Waals surface area contributed by atoms with Gasteiger partial charge in [0.05, 0.1) is 0 Å². The quantitative estimate of drug-likeness (QED) is 0.696. The first kappa shape index (κ1) is 15.7. The molecule has 0 amide bonds. The Kier molecular flexibility index (Phi) is 7.91. The average molecular weight is 263 g/mol. The summed E-state index contributed by atoms with van der Waals surface area (Å²) in [5.41, 5.74) is 1.18. The minimum Gasteiger partial charge on any atom is -0.464 e. The van der Waals surface area contributed by atoms with Crippen LogP contribution in [0.15, 0.2) is 30.3 Å². The molecule has 1 aromatic carbocycles. The monoisotopic (exact) mass is 263 g/mol. The van der Waals surface area contributed by atoms with Crippen molar-refractivity contribution in [2.75, 3.05) is 13.2 Å². The van der Waals surface area contributed by atoms with Crippen molar-refractivity contribution in [3.05, 3.63) is 35.9 Å². The minimum atomic E-state index is -0.111. The smallest absolute Gasteiger partial charge is 0.306 e. The number of aryl methyl sites for hydroxylation is 1. The number of hydrogen-bond donors (Lipinski definition) is 1. The second kappa shape index (κ2) is 9.56. The van der Waals surface area contributed by atoms with E-state index in [-0.39, 0.29) is 12.0 Å². The van der Waals surface area contributed by atoms with E-state index in [0.717, 1.165) is 25.8 Å². The van der Waals surface area contributed by atoms with Crippen LogP contribution in [-0.2, 0) is 16.0 Å². The Morgan fingerprint density at radius 3 is 2.63 bits per heavy atom. The summed E-state index contributed by atoms with van der Waals surface area (Å²) in [6.07, 6.45) is 3.28. The molecule has 0 aliphatic heterocycles. The second-order valence-corrected chi connectivity index (χ2v) is 4.73. The van der Waals surface area contributed by atoms with E-state index >= 15 is 0 Å². The molecule has 0 aliphatic rings. The predicted molar refractivity (Wildman–Crippen MR) is 78.1 cm³/mol. The van der Waals surface area contributed by atoms with Gasteiger partial charge in [0, 0.05) is 12.5 Å². The Morgan fingerprint density at radius 1 is 1.26 bits per heavy atom. The standard InChI is InChI=1S/C16H25NO2/c1-3-12-17-15(4-2)13-19-16(18)11-10-14-8-6-5-7-9-14/h5-9,15,17H,3-4,10-13H2,1-2H3. The molecule has 1 aromatic rings. The Labute approximate surface area is 116 Å². The molecule has 0 saturated carbocycles. The number of ether oxygens (including phenoxy) is 1. The number of nitrogens with one attached hydrogen (secondary N) is 1. The van der Waals surface area contributed by atoms with Crippen LogP contribution >= 0.6 is 0 Å². The molecule has 106 valence electrons. The van der Waals surface area contributed by atoms with Crippen molar-refractivity contribution in [1.29, 1.82) is 0 Å². The topological polar surface area (TPSA) is 38.3 Å². The van der Waals surface area contributed by atoms with Crippen molar-refractivity contribution in [2.45, 2.75) is 45.6 Å². The molecular formula is C16H25NO2. The van der Waals surface area contributed by atoms with E-state index in [0.29, 0.717) is 13.0 Å². The summed E-state index contributed by atoms with van der Waals surface area (Å²) in [4.78, 5) is 11.7. The molecule has 3 nitrogen and oxygen atoms in total. The lowest BCUT2D eigenvalue weighted by Gasteiger charge is -2.16. The molecule has 0 aromatic heterocycles. The van der Waals surface area contributed by atoms with Crippen LogP contribution in [0.4, 0.5) is 0 Å². The summed E-state index contributed by atoms with van der Waals surface area (Å²) in [6, 6.07) is 10.3. The number of carbonyl (C=O) groups is 1. The number of esters is 1. The summed E-state index contributed by atoms with van der Waals surface area (Å²) >= 11 is 0. The number of benzene rings is 1. The van der Waals surface area contributed by atoms with Gasteiger partial charge >= 0.3 is 5.97 Å². The van der Waals surface area contributed by atoms with Gasteiger partial charge in [0.15, 0.2) is 0 Å². The van der Waals surface area contributed by atoms with Crippen LogP contribution in [0.25, 0.3) is 0 Å². The number of carbonyl (C=O) groups excluding carboxylic acids is 1. The van der Waals surface area contributed by atoms with E-state index in [4.69, 9.17) is 4.74 Å². The van der Waals surface area contributed by atoms with Gasteiger partial charge in [0.25, 0.3) is 0 Å². The van der Waals surface area contributed by atoms with E-state index in [2.05, 4.69) is 19.2 Å². The highest BCUT2D eigenvalue weighted by Crippen LogP contribution is 2.04. The van der Waals surface area contributed by atoms with Gasteiger partial charge in [-0.25, -0.2) is 0 Å². The molecular weight excluding hydrogens is 238 g/mol. The first-order valence-corrected chi connectivity index (χ1v) is 7.19. The zero-order valence-electron chi connectivity index (χ0n) is 12.0. The van der Waals surface area contributed by atoms with Crippen LogP contribution in [0.5, 0.6) is 0 Å². The van der Waals surface area contributed by atoms with Crippen molar-refractivity contribution < 1.29 is 9.53 Å². The van der Waals surface area contributed by atoms with Crippen LogP contribution in [0.3, 0.4) is 0 Å². The molecule has 0 heterocycles. The van der Waals surface area contributed by atoms with Crippen molar-refractivity contribution in [2.24, 2.45) is 0 Å². The molecule has 1 N–H and O–H groups in total. The summed E-state index contributed by atoms with van der Waals surface area (Å²) in [6.45, 7) is 5.68. The highest BCUT2D eigenvalue weighted by Gasteiger charge is 2.09. The van der Waals surface area contributed by atoms with Crippen molar-refractivity contribution in [3.63, 3.8) is 0 Å². The average Bonchev–Trinajstić information content (AvgIpc) is 2.46. The summed E-state index contributed by atoms with van der Waals surface area (Å²) in [5.74, 6) is -0.111. The highest BCUT2D eigenvalue weighted by atomic mass is 16.5. The molecule has 19 heavy (non-hydrogen) atoms. The van der Waals surface area contributed by atoms with Gasteiger partial charge in [-0.1, -0.05) is 44.2 Å². The molecule has 3 heteroatoms. The summed E-state index contributed by atoms with van der Waals surface area (Å²) < 4.78 is 5.31. The zero-order chi connectivity index (χ0) is 13.9. The van der Waals surface area contributed by atoms with E-state index in [1.807, 2.05) is 30.3 Å². The fourth-order valence-electron chi connectivity index (χ4n) is 1.83. The van der Waals surface area contributed by atoms with Crippen LogP contribution in [0.1, 0.15) is 38.7 Å². The van der Waals surface area contributed by atoms with Crippen LogP contribution in [-0.4, -0.2) is 25.2 Å². The fraction of sp³-hybridized carbons (Fsp3) is 0.562. The molecule has 0 bridgehead atoms. The Morgan fingerprint density at radius 2 is 2.00 bits per heavy atom. The summed E-state index contributed by atoms with van der Waals surface area (Å²) in [7, 11) is 0. The number of hydrogen-bond acceptors (Lipinski definition) is 3. The van der Waals surface area contributed by atoms with Gasteiger partial charge in [-0.05, 0) is 31.4 Å². The Hall–Kier alpha value is -1.35. The van der Waals surface area contributed by atoms with Gasteiger partial charge in [0.1, 0.15) is 6.61 Å². The SMILES string of the molecule is CCCNC(CC)COC(=O)CCc1ccccc1. The van der Waals surface area contributed by atoms with E-state index in [1.165, 1.54) is 5.56 Å². The van der Waals surface area contributed by atoms with Crippen molar-refractivity contribution in [3.8, 4) is 0 Å². The fourth-order valence-corrected chi connectivity index (χ4v) is 1.83. The third kappa shape index (κ3) is 6.97. The van der Waals surface area contributed by atoms with Crippen molar-refractivity contribution in [1.82, 2.24) is 5.32 Å². The molecule has 1 atom stereocenters. The largest absolute Gasteiger partial charge is 0.464 e. The second-order valence-electron chi connectivity index (χ2n) is 4.73.